The maximum atomic E-state index is 9.72. The Balaban J connectivity index is 4.16. The Kier molecular flexibility index (Phi) is 9.52. The molecule has 15 heavy (non-hydrogen) atoms. The zero-order valence-electron chi connectivity index (χ0n) is 11.0. The average Bonchev–Trinajstić information content (AvgIpc) is 2.29. The molecule has 0 saturated heterocycles. The minimum absolute atomic E-state index is 0.535. The van der Waals surface area contributed by atoms with E-state index in [4.69, 9.17) is 0 Å². The summed E-state index contributed by atoms with van der Waals surface area (Å²) in [6.07, 6.45) is 8.39. The van der Waals surface area contributed by atoms with Crippen LogP contribution in [0.2, 0.25) is 18.1 Å². The first-order valence-electron chi connectivity index (χ1n) is 6.85. The van der Waals surface area contributed by atoms with E-state index in [1.165, 1.54) is 56.7 Å². The van der Waals surface area contributed by atoms with Crippen LogP contribution in [0.4, 0.5) is 0 Å². The molecule has 0 aliphatic heterocycles. The molecule has 0 heterocycles. The number of rotatable bonds is 10. The van der Waals surface area contributed by atoms with Crippen LogP contribution in [0.1, 0.15) is 59.3 Å². The first kappa shape index (κ1) is 15.2. The molecule has 1 N–H and O–H groups in total. The van der Waals surface area contributed by atoms with Crippen molar-refractivity contribution in [3.05, 3.63) is 0 Å². The highest BCUT2D eigenvalue weighted by Gasteiger charge is 2.29. The van der Waals surface area contributed by atoms with Crippen LogP contribution in [0.25, 0.3) is 0 Å². The Morgan fingerprint density at radius 2 is 1.07 bits per heavy atom. The lowest BCUT2D eigenvalue weighted by atomic mass is 10.4. The van der Waals surface area contributed by atoms with Gasteiger partial charge in [0.05, 0.1) is 8.07 Å². The number of unbranched alkanes of at least 4 members (excludes halogenated alkanes) is 3. The van der Waals surface area contributed by atoms with Crippen molar-refractivity contribution in [1.82, 2.24) is 0 Å². The normalized spacial score (nSPS) is 12.0. The fraction of sp³-hybridized carbons (Fsp3) is 1.00. The fourth-order valence-corrected chi connectivity index (χ4v) is 6.80. The first-order chi connectivity index (χ1) is 7.24. The number of hydrogen-bond acceptors (Lipinski definition) is 1. The van der Waals surface area contributed by atoms with Crippen LogP contribution in [0.15, 0.2) is 0 Å². The number of aliphatic hydroxyl groups excluding tert-OH is 1. The molecular weight excluding hydrogens is 200 g/mol. The van der Waals surface area contributed by atoms with Gasteiger partial charge in [-0.15, -0.1) is 0 Å². The van der Waals surface area contributed by atoms with Crippen LogP contribution in [-0.4, -0.2) is 19.4 Å². The summed E-state index contributed by atoms with van der Waals surface area (Å²) in [5.41, 5.74) is 0. The summed E-state index contributed by atoms with van der Waals surface area (Å²) in [5, 5.41) is 9.72. The van der Waals surface area contributed by atoms with Crippen molar-refractivity contribution in [2.24, 2.45) is 0 Å². The van der Waals surface area contributed by atoms with Crippen molar-refractivity contribution in [2.75, 3.05) is 6.23 Å². The van der Waals surface area contributed by atoms with Crippen molar-refractivity contribution < 1.29 is 5.11 Å². The Morgan fingerprint density at radius 3 is 1.27 bits per heavy atom. The molecule has 2 heteroatoms. The van der Waals surface area contributed by atoms with E-state index in [2.05, 4.69) is 20.8 Å². The number of hydrogen-bond donors (Lipinski definition) is 1. The lowest BCUT2D eigenvalue weighted by molar-refractivity contribution is 0.353. The summed E-state index contributed by atoms with van der Waals surface area (Å²) in [6, 6.07) is 4.08. The molecule has 0 aromatic carbocycles. The second-order valence-electron chi connectivity index (χ2n) is 4.97. The Labute approximate surface area is 97.3 Å². The van der Waals surface area contributed by atoms with E-state index in [1.54, 1.807) is 0 Å². The molecule has 0 rings (SSSR count). The molecular formula is C13H30OSi. The van der Waals surface area contributed by atoms with Crippen LogP contribution in [-0.2, 0) is 0 Å². The van der Waals surface area contributed by atoms with Crippen molar-refractivity contribution in [3.63, 3.8) is 0 Å². The fourth-order valence-electron chi connectivity index (χ4n) is 2.27. The highest BCUT2D eigenvalue weighted by molar-refractivity contribution is 6.79. The predicted molar refractivity (Wildman–Crippen MR) is 72.0 cm³/mol. The van der Waals surface area contributed by atoms with Gasteiger partial charge in [0.15, 0.2) is 0 Å². The Hall–Kier alpha value is 0.177. The molecule has 92 valence electrons. The van der Waals surface area contributed by atoms with Gasteiger partial charge in [0.1, 0.15) is 0 Å². The lowest BCUT2D eigenvalue weighted by Crippen LogP contribution is -2.38. The van der Waals surface area contributed by atoms with E-state index < -0.39 is 8.07 Å². The molecule has 1 nitrogen and oxygen atoms in total. The Morgan fingerprint density at radius 1 is 0.733 bits per heavy atom. The molecule has 0 aromatic heterocycles. The highest BCUT2D eigenvalue weighted by atomic mass is 28.3. The van der Waals surface area contributed by atoms with E-state index in [-0.39, 0.29) is 0 Å². The smallest absolute Gasteiger partial charge is 0.0833 e. The van der Waals surface area contributed by atoms with Gasteiger partial charge in [0.2, 0.25) is 0 Å². The highest BCUT2D eigenvalue weighted by Crippen LogP contribution is 2.27. The molecule has 0 aliphatic carbocycles. The second kappa shape index (κ2) is 9.41. The van der Waals surface area contributed by atoms with Crippen LogP contribution < -0.4 is 0 Å². The summed E-state index contributed by atoms with van der Waals surface area (Å²) in [7, 11) is -1.28. The largest absolute Gasteiger partial charge is 0.400 e. The predicted octanol–water partition coefficient (Wildman–Crippen LogP) is 4.37. The van der Waals surface area contributed by atoms with Crippen molar-refractivity contribution in [3.8, 4) is 0 Å². The van der Waals surface area contributed by atoms with Gasteiger partial charge in [-0.25, -0.2) is 0 Å². The van der Waals surface area contributed by atoms with E-state index >= 15 is 0 Å². The molecule has 0 saturated carbocycles. The van der Waals surface area contributed by atoms with Gasteiger partial charge in [0.25, 0.3) is 0 Å². The lowest BCUT2D eigenvalue weighted by Gasteiger charge is -2.29. The molecule has 0 atom stereocenters. The molecule has 0 amide bonds. The third-order valence-corrected chi connectivity index (χ3v) is 8.43. The van der Waals surface area contributed by atoms with Crippen LogP contribution in [0.5, 0.6) is 0 Å². The minimum atomic E-state index is -1.28. The summed E-state index contributed by atoms with van der Waals surface area (Å²) >= 11 is 0. The van der Waals surface area contributed by atoms with Gasteiger partial charge in [0, 0.05) is 6.23 Å². The second-order valence-corrected chi connectivity index (χ2v) is 9.79. The molecule has 0 aliphatic rings. The van der Waals surface area contributed by atoms with Gasteiger partial charge in [-0.05, 0) is 0 Å². The standard InChI is InChI=1S/C13H30OSi/c1-4-7-10-15(13-14,11-8-5-2)12-9-6-3/h14H,4-13H2,1-3H3. The third-order valence-electron chi connectivity index (χ3n) is 3.52. The van der Waals surface area contributed by atoms with E-state index in [0.717, 1.165) is 0 Å². The molecule has 0 spiro atoms. The van der Waals surface area contributed by atoms with Gasteiger partial charge in [-0.3, -0.25) is 0 Å². The van der Waals surface area contributed by atoms with Crippen molar-refractivity contribution in [2.45, 2.75) is 77.4 Å². The summed E-state index contributed by atoms with van der Waals surface area (Å²) in [6.45, 7) is 6.78. The van der Waals surface area contributed by atoms with Gasteiger partial charge < -0.3 is 5.11 Å². The number of aliphatic hydroxyl groups is 1. The molecule has 0 aromatic rings. The third kappa shape index (κ3) is 6.36. The van der Waals surface area contributed by atoms with Gasteiger partial charge in [-0.2, -0.15) is 0 Å². The molecule has 0 fully saturated rings. The Bertz CT molecular complexity index is 115. The van der Waals surface area contributed by atoms with Crippen molar-refractivity contribution in [1.29, 1.82) is 0 Å². The molecule has 0 radical (unpaired) electrons. The van der Waals surface area contributed by atoms with Gasteiger partial charge in [-0.1, -0.05) is 77.4 Å². The van der Waals surface area contributed by atoms with Crippen molar-refractivity contribution >= 4 is 8.07 Å². The van der Waals surface area contributed by atoms with E-state index in [9.17, 15) is 5.11 Å². The summed E-state index contributed by atoms with van der Waals surface area (Å²) < 4.78 is 0. The van der Waals surface area contributed by atoms with Crippen LogP contribution in [0.3, 0.4) is 0 Å². The zero-order valence-corrected chi connectivity index (χ0v) is 12.0. The van der Waals surface area contributed by atoms with Gasteiger partial charge >= 0.3 is 0 Å². The topological polar surface area (TPSA) is 20.2 Å². The monoisotopic (exact) mass is 230 g/mol. The summed E-state index contributed by atoms with van der Waals surface area (Å²) in [5.74, 6) is 0. The molecule has 0 unspecified atom stereocenters. The minimum Gasteiger partial charge on any atom is -0.400 e. The van der Waals surface area contributed by atoms with E-state index in [0.29, 0.717) is 6.23 Å². The SMILES string of the molecule is CCCC[Si](CO)(CCCC)CCCC. The maximum Gasteiger partial charge on any atom is 0.0833 e. The van der Waals surface area contributed by atoms with Crippen LogP contribution >= 0.6 is 0 Å². The quantitative estimate of drug-likeness (QED) is 0.553. The first-order valence-corrected chi connectivity index (χ1v) is 9.68. The van der Waals surface area contributed by atoms with Crippen LogP contribution in [0, 0.1) is 0 Å². The van der Waals surface area contributed by atoms with E-state index in [1.807, 2.05) is 0 Å². The molecule has 0 bridgehead atoms. The average molecular weight is 230 g/mol. The zero-order chi connectivity index (χ0) is 11.6. The maximum absolute atomic E-state index is 9.72. The summed E-state index contributed by atoms with van der Waals surface area (Å²) in [4.78, 5) is 0.